The largest absolute Gasteiger partial charge is 0.497 e. The molecule has 0 radical (unpaired) electrons. The van der Waals surface area contributed by atoms with E-state index in [0.29, 0.717) is 11.3 Å². The van der Waals surface area contributed by atoms with E-state index in [1.54, 1.807) is 18.2 Å². The molecule has 1 aliphatic heterocycles. The lowest BCUT2D eigenvalue weighted by Gasteiger charge is -2.33. The summed E-state index contributed by atoms with van der Waals surface area (Å²) in [4.78, 5) is 0.129. The Morgan fingerprint density at radius 2 is 1.54 bits per heavy atom. The minimum atomic E-state index is -3.71. The average molecular weight is 429 g/mol. The maximum absolute atomic E-state index is 13.3. The van der Waals surface area contributed by atoms with E-state index >= 15 is 0 Å². The molecule has 3 rings (SSSR count). The molecule has 0 N–H and O–H groups in total. The van der Waals surface area contributed by atoms with Crippen molar-refractivity contribution in [2.24, 2.45) is 0 Å². The third-order valence-electron chi connectivity index (χ3n) is 4.53. The van der Waals surface area contributed by atoms with Crippen molar-refractivity contribution in [3.05, 3.63) is 59.9 Å². The lowest BCUT2D eigenvalue weighted by molar-refractivity contribution is 0.272. The Morgan fingerprint density at radius 3 is 2.11 bits per heavy atom. The van der Waals surface area contributed by atoms with E-state index in [-0.39, 0.29) is 36.8 Å². The third-order valence-corrected chi connectivity index (χ3v) is 8.29. The fourth-order valence-corrected chi connectivity index (χ4v) is 5.94. The predicted molar refractivity (Wildman–Crippen MR) is 102 cm³/mol. The van der Waals surface area contributed by atoms with E-state index in [2.05, 4.69) is 0 Å². The van der Waals surface area contributed by atoms with Crippen molar-refractivity contribution in [1.82, 2.24) is 8.61 Å². The molecule has 0 bridgehead atoms. The number of nitrogens with zero attached hydrogens (tertiary/aromatic N) is 2. The smallest absolute Gasteiger partial charge is 0.243 e. The maximum atomic E-state index is 13.3. The zero-order valence-corrected chi connectivity index (χ0v) is 16.9. The third kappa shape index (κ3) is 4.52. The number of sulfonamides is 2. The molecule has 1 saturated heterocycles. The monoisotopic (exact) mass is 428 g/mol. The number of piperazine rings is 1. The van der Waals surface area contributed by atoms with Gasteiger partial charge in [-0.3, -0.25) is 0 Å². The number of hydrogen-bond acceptors (Lipinski definition) is 5. The molecule has 1 aliphatic rings. The zero-order chi connectivity index (χ0) is 20.4. The molecule has 0 amide bonds. The minimum absolute atomic E-state index is 0.0486. The van der Waals surface area contributed by atoms with Gasteiger partial charge < -0.3 is 4.74 Å². The average Bonchev–Trinajstić information content (AvgIpc) is 2.68. The normalized spacial score (nSPS) is 16.8. The Bertz CT molecular complexity index is 1030. The molecule has 0 saturated carbocycles. The van der Waals surface area contributed by atoms with Gasteiger partial charge >= 0.3 is 0 Å². The Morgan fingerprint density at radius 1 is 0.929 bits per heavy atom. The van der Waals surface area contributed by atoms with Crippen molar-refractivity contribution in [3.8, 4) is 5.75 Å². The van der Waals surface area contributed by atoms with E-state index in [0.717, 1.165) is 0 Å². The highest BCUT2D eigenvalue weighted by atomic mass is 32.2. The van der Waals surface area contributed by atoms with Gasteiger partial charge in [0.2, 0.25) is 20.0 Å². The van der Waals surface area contributed by atoms with Crippen LogP contribution in [0.1, 0.15) is 5.56 Å². The minimum Gasteiger partial charge on any atom is -0.497 e. The summed E-state index contributed by atoms with van der Waals surface area (Å²) in [6.45, 7) is 0.202. The summed E-state index contributed by atoms with van der Waals surface area (Å²) in [5.41, 5.74) is 0.355. The first kappa shape index (κ1) is 20.7. The van der Waals surface area contributed by atoms with Crippen LogP contribution in [-0.4, -0.2) is 58.7 Å². The molecule has 0 aliphatic carbocycles. The van der Waals surface area contributed by atoms with Crippen molar-refractivity contribution in [2.75, 3.05) is 33.3 Å². The Balaban J connectivity index is 1.67. The molecule has 28 heavy (non-hydrogen) atoms. The first-order valence-electron chi connectivity index (χ1n) is 8.59. The quantitative estimate of drug-likeness (QED) is 0.699. The molecule has 0 aromatic heterocycles. The van der Waals surface area contributed by atoms with E-state index in [1.807, 2.05) is 0 Å². The van der Waals surface area contributed by atoms with Gasteiger partial charge in [-0.05, 0) is 42.0 Å². The summed E-state index contributed by atoms with van der Waals surface area (Å²) in [5.74, 6) is -0.272. The summed E-state index contributed by atoms with van der Waals surface area (Å²) in [7, 11) is -5.89. The summed E-state index contributed by atoms with van der Waals surface area (Å²) in [6.07, 6.45) is 0. The summed E-state index contributed by atoms with van der Waals surface area (Å²) >= 11 is 0. The van der Waals surface area contributed by atoms with E-state index in [4.69, 9.17) is 4.74 Å². The number of ether oxygens (including phenoxy) is 1. The van der Waals surface area contributed by atoms with Crippen molar-refractivity contribution in [3.63, 3.8) is 0 Å². The van der Waals surface area contributed by atoms with E-state index < -0.39 is 25.9 Å². The van der Waals surface area contributed by atoms with Crippen LogP contribution in [0, 0.1) is 5.82 Å². The van der Waals surface area contributed by atoms with Crippen molar-refractivity contribution >= 4 is 20.0 Å². The summed E-state index contributed by atoms with van der Waals surface area (Å²) < 4.78 is 71.5. The van der Waals surface area contributed by atoms with Crippen LogP contribution >= 0.6 is 0 Å². The fraction of sp³-hybridized carbons (Fsp3) is 0.333. The van der Waals surface area contributed by atoms with Crippen LogP contribution < -0.4 is 4.74 Å². The van der Waals surface area contributed by atoms with Gasteiger partial charge in [0.15, 0.2) is 0 Å². The number of methoxy groups -OCH3 is 1. The first-order valence-corrected chi connectivity index (χ1v) is 11.6. The lowest BCUT2D eigenvalue weighted by Crippen LogP contribution is -2.50. The van der Waals surface area contributed by atoms with Crippen molar-refractivity contribution < 1.29 is 26.0 Å². The van der Waals surface area contributed by atoms with Gasteiger partial charge in [-0.25, -0.2) is 21.2 Å². The van der Waals surface area contributed by atoms with Crippen molar-refractivity contribution in [1.29, 1.82) is 0 Å². The Hall–Kier alpha value is -2.01. The van der Waals surface area contributed by atoms with Crippen LogP contribution in [0.15, 0.2) is 53.4 Å². The van der Waals surface area contributed by atoms with E-state index in [9.17, 15) is 21.2 Å². The van der Waals surface area contributed by atoms with Crippen LogP contribution in [0.4, 0.5) is 4.39 Å². The SMILES string of the molecule is COc1ccc(S(=O)(=O)N2CCN(S(=O)(=O)Cc3cccc(F)c3)CC2)cc1. The van der Waals surface area contributed by atoms with Gasteiger partial charge in [-0.2, -0.15) is 8.61 Å². The highest BCUT2D eigenvalue weighted by molar-refractivity contribution is 7.89. The highest BCUT2D eigenvalue weighted by Crippen LogP contribution is 2.22. The van der Waals surface area contributed by atoms with Crippen LogP contribution in [0.25, 0.3) is 0 Å². The molecular weight excluding hydrogens is 407 g/mol. The van der Waals surface area contributed by atoms with Crippen molar-refractivity contribution in [2.45, 2.75) is 10.6 Å². The Labute approximate surface area is 164 Å². The molecular formula is C18H21FN2O5S2. The second-order valence-corrected chi connectivity index (χ2v) is 10.3. The fourth-order valence-electron chi connectivity index (χ4n) is 3.01. The molecule has 7 nitrogen and oxygen atoms in total. The van der Waals surface area contributed by atoms with Gasteiger partial charge in [0, 0.05) is 26.2 Å². The molecule has 0 unspecified atom stereocenters. The highest BCUT2D eigenvalue weighted by Gasteiger charge is 2.33. The van der Waals surface area contributed by atoms with Gasteiger partial charge in [0.05, 0.1) is 17.8 Å². The molecule has 152 valence electrons. The van der Waals surface area contributed by atoms with Gasteiger partial charge in [-0.15, -0.1) is 0 Å². The number of halogens is 1. The van der Waals surface area contributed by atoms with Crippen LogP contribution in [-0.2, 0) is 25.8 Å². The Kier molecular flexibility index (Phi) is 6.04. The summed E-state index contributed by atoms with van der Waals surface area (Å²) in [6, 6.07) is 11.5. The molecule has 10 heteroatoms. The van der Waals surface area contributed by atoms with Crippen LogP contribution in [0.5, 0.6) is 5.75 Å². The van der Waals surface area contributed by atoms with Crippen LogP contribution in [0.2, 0.25) is 0 Å². The molecule has 1 fully saturated rings. The molecule has 0 atom stereocenters. The molecule has 1 heterocycles. The number of hydrogen-bond donors (Lipinski definition) is 0. The lowest BCUT2D eigenvalue weighted by atomic mass is 10.2. The summed E-state index contributed by atoms with van der Waals surface area (Å²) in [5, 5.41) is 0. The molecule has 2 aromatic carbocycles. The van der Waals surface area contributed by atoms with E-state index in [1.165, 1.54) is 46.1 Å². The molecule has 2 aromatic rings. The zero-order valence-electron chi connectivity index (χ0n) is 15.3. The van der Waals surface area contributed by atoms with Crippen LogP contribution in [0.3, 0.4) is 0 Å². The predicted octanol–water partition coefficient (Wildman–Crippen LogP) is 1.67. The van der Waals surface area contributed by atoms with Gasteiger partial charge in [0.1, 0.15) is 11.6 Å². The number of rotatable bonds is 6. The van der Waals surface area contributed by atoms with Gasteiger partial charge in [-0.1, -0.05) is 12.1 Å². The second-order valence-electron chi connectivity index (χ2n) is 6.36. The standard InChI is InChI=1S/C18H21FN2O5S2/c1-26-17-5-7-18(8-6-17)28(24,25)21-11-9-20(10-12-21)27(22,23)14-15-3-2-4-16(19)13-15/h2-8,13H,9-12,14H2,1H3. The first-order chi connectivity index (χ1) is 13.2. The molecule has 0 spiro atoms. The van der Waals surface area contributed by atoms with Gasteiger partial charge in [0.25, 0.3) is 0 Å². The second kappa shape index (κ2) is 8.16. The maximum Gasteiger partial charge on any atom is 0.243 e. The number of benzene rings is 2. The topological polar surface area (TPSA) is 84.0 Å².